The van der Waals surface area contributed by atoms with E-state index in [1.54, 1.807) is 18.2 Å². The number of nitrogen functional groups attached to an aromatic ring is 1. The highest BCUT2D eigenvalue weighted by Gasteiger charge is 2.09. The van der Waals surface area contributed by atoms with Crippen LogP contribution in [0.5, 0.6) is 5.75 Å². The summed E-state index contributed by atoms with van der Waals surface area (Å²) >= 11 is 3.97. The van der Waals surface area contributed by atoms with E-state index in [4.69, 9.17) is 10.6 Å². The number of benzene rings is 1. The summed E-state index contributed by atoms with van der Waals surface area (Å²) < 4.78 is 5.02. The van der Waals surface area contributed by atoms with Crippen LogP contribution in [0.2, 0.25) is 0 Å². The molecular formula is C11H12N2O2S. The van der Waals surface area contributed by atoms with Crippen molar-refractivity contribution < 1.29 is 9.53 Å². The van der Waals surface area contributed by atoms with E-state index in [1.165, 1.54) is 7.11 Å². The van der Waals surface area contributed by atoms with Crippen molar-refractivity contribution in [2.24, 2.45) is 5.84 Å². The van der Waals surface area contributed by atoms with Crippen LogP contribution in [0.15, 0.2) is 18.2 Å². The third-order valence-corrected chi connectivity index (χ3v) is 2.06. The van der Waals surface area contributed by atoms with E-state index in [-0.39, 0.29) is 0 Å². The van der Waals surface area contributed by atoms with E-state index < -0.39 is 5.91 Å². The van der Waals surface area contributed by atoms with Gasteiger partial charge in [0.15, 0.2) is 0 Å². The number of ether oxygens (including phenoxy) is 1. The molecule has 16 heavy (non-hydrogen) atoms. The summed E-state index contributed by atoms with van der Waals surface area (Å²) in [5.41, 5.74) is 3.05. The predicted molar refractivity (Wildman–Crippen MR) is 65.4 cm³/mol. The molecule has 0 bridgehead atoms. The van der Waals surface area contributed by atoms with Crippen LogP contribution in [0.3, 0.4) is 0 Å². The fourth-order valence-corrected chi connectivity index (χ4v) is 1.24. The average Bonchev–Trinajstić information content (AvgIpc) is 2.35. The van der Waals surface area contributed by atoms with Gasteiger partial charge in [0, 0.05) is 5.56 Å². The number of hydrogen-bond acceptors (Lipinski definition) is 4. The summed E-state index contributed by atoms with van der Waals surface area (Å²) in [6, 6.07) is 5.03. The van der Waals surface area contributed by atoms with E-state index in [9.17, 15) is 4.79 Å². The molecule has 3 N–H and O–H groups in total. The topological polar surface area (TPSA) is 64.3 Å². The van der Waals surface area contributed by atoms with Gasteiger partial charge in [0.05, 0.1) is 18.4 Å². The zero-order valence-corrected chi connectivity index (χ0v) is 9.67. The van der Waals surface area contributed by atoms with Gasteiger partial charge >= 0.3 is 0 Å². The summed E-state index contributed by atoms with van der Waals surface area (Å²) in [5, 5.41) is 0. The van der Waals surface area contributed by atoms with Gasteiger partial charge in [-0.1, -0.05) is 11.8 Å². The van der Waals surface area contributed by atoms with Crippen molar-refractivity contribution in [3.05, 3.63) is 29.3 Å². The molecule has 0 aliphatic carbocycles. The number of methoxy groups -OCH3 is 1. The van der Waals surface area contributed by atoms with Crippen LogP contribution >= 0.6 is 12.6 Å². The lowest BCUT2D eigenvalue weighted by molar-refractivity contribution is 0.0953. The maximum Gasteiger partial charge on any atom is 0.266 e. The molecule has 0 saturated heterocycles. The van der Waals surface area contributed by atoms with Gasteiger partial charge < -0.3 is 4.74 Å². The van der Waals surface area contributed by atoms with E-state index in [2.05, 4.69) is 29.9 Å². The minimum absolute atomic E-state index is 0.385. The molecule has 0 aromatic heterocycles. The second-order valence-corrected chi connectivity index (χ2v) is 3.16. The molecule has 1 amide bonds. The van der Waals surface area contributed by atoms with Crippen LogP contribution in [-0.2, 0) is 0 Å². The smallest absolute Gasteiger partial charge is 0.266 e. The van der Waals surface area contributed by atoms with E-state index in [1.807, 2.05) is 0 Å². The number of amides is 1. The van der Waals surface area contributed by atoms with Gasteiger partial charge in [-0.15, -0.1) is 0 Å². The van der Waals surface area contributed by atoms with Crippen molar-refractivity contribution in [1.82, 2.24) is 5.43 Å². The molecule has 1 aromatic rings. The second-order valence-electron chi connectivity index (χ2n) is 2.84. The summed E-state index contributed by atoms with van der Waals surface area (Å²) in [7, 11) is 1.53. The lowest BCUT2D eigenvalue weighted by atomic mass is 10.1. The summed E-state index contributed by atoms with van der Waals surface area (Å²) in [6.45, 7) is 0. The van der Waals surface area contributed by atoms with E-state index >= 15 is 0 Å². The molecule has 0 saturated carbocycles. The molecule has 0 aliphatic heterocycles. The first-order chi connectivity index (χ1) is 7.72. The summed E-state index contributed by atoms with van der Waals surface area (Å²) in [4.78, 5) is 11.5. The standard InChI is InChI=1S/C11H12N2O2S/c1-15-9-5-4-8(3-2-6-16)10(7-9)11(14)13-12/h4-5,7,16H,6,12H2,1H3,(H,13,14). The Kier molecular flexibility index (Phi) is 4.70. The van der Waals surface area contributed by atoms with Gasteiger partial charge in [-0.3, -0.25) is 10.2 Å². The van der Waals surface area contributed by atoms with Gasteiger partial charge in [0.1, 0.15) is 5.75 Å². The third-order valence-electron chi connectivity index (χ3n) is 1.90. The molecule has 0 heterocycles. The molecule has 1 rings (SSSR count). The molecule has 84 valence electrons. The van der Waals surface area contributed by atoms with Crippen molar-refractivity contribution in [1.29, 1.82) is 0 Å². The Morgan fingerprint density at radius 2 is 2.38 bits per heavy atom. The number of nitrogens with two attached hydrogens (primary N) is 1. The molecule has 0 aliphatic rings. The first kappa shape index (κ1) is 12.4. The molecule has 0 atom stereocenters. The van der Waals surface area contributed by atoms with Crippen LogP contribution in [0.25, 0.3) is 0 Å². The van der Waals surface area contributed by atoms with E-state index in [0.717, 1.165) is 0 Å². The van der Waals surface area contributed by atoms with Crippen LogP contribution in [-0.4, -0.2) is 18.8 Å². The molecule has 0 fully saturated rings. The largest absolute Gasteiger partial charge is 0.497 e. The third kappa shape index (κ3) is 2.92. The molecular weight excluding hydrogens is 224 g/mol. The van der Waals surface area contributed by atoms with Crippen molar-refractivity contribution in [3.8, 4) is 17.6 Å². The molecule has 0 spiro atoms. The number of hydrogen-bond donors (Lipinski definition) is 3. The van der Waals surface area contributed by atoms with Crippen LogP contribution < -0.4 is 16.0 Å². The minimum atomic E-state index is -0.401. The Morgan fingerprint density at radius 3 is 2.94 bits per heavy atom. The number of rotatable bonds is 2. The fourth-order valence-electron chi connectivity index (χ4n) is 1.16. The highest BCUT2D eigenvalue weighted by molar-refractivity contribution is 7.80. The number of hydrazine groups is 1. The Hall–Kier alpha value is -1.64. The molecule has 0 radical (unpaired) electrons. The Bertz CT molecular complexity index is 449. The number of carbonyl (C=O) groups excluding carboxylic acids is 1. The Labute approximate surface area is 99.5 Å². The molecule has 5 heteroatoms. The normalized spacial score (nSPS) is 8.94. The molecule has 1 aromatic carbocycles. The van der Waals surface area contributed by atoms with Crippen LogP contribution in [0.4, 0.5) is 0 Å². The predicted octanol–water partition coefficient (Wildman–Crippen LogP) is 0.580. The number of thiol groups is 1. The number of nitrogens with one attached hydrogen (secondary N) is 1. The quantitative estimate of drug-likeness (QED) is 0.231. The van der Waals surface area contributed by atoms with Crippen LogP contribution in [0, 0.1) is 11.8 Å². The fraction of sp³-hybridized carbons (Fsp3) is 0.182. The molecule has 4 nitrogen and oxygen atoms in total. The maximum absolute atomic E-state index is 11.5. The summed E-state index contributed by atoms with van der Waals surface area (Å²) in [5.74, 6) is 11.3. The highest BCUT2D eigenvalue weighted by Crippen LogP contribution is 2.16. The second kappa shape index (κ2) is 6.05. The highest BCUT2D eigenvalue weighted by atomic mass is 32.1. The Balaban J connectivity index is 3.21. The van der Waals surface area contributed by atoms with Crippen molar-refractivity contribution in [2.75, 3.05) is 12.9 Å². The number of carbonyl (C=O) groups is 1. The monoisotopic (exact) mass is 236 g/mol. The Morgan fingerprint density at radius 1 is 1.62 bits per heavy atom. The van der Waals surface area contributed by atoms with Crippen molar-refractivity contribution in [3.63, 3.8) is 0 Å². The van der Waals surface area contributed by atoms with Gasteiger partial charge in [-0.25, -0.2) is 5.84 Å². The lowest BCUT2D eigenvalue weighted by Crippen LogP contribution is -2.30. The molecule has 0 unspecified atom stereocenters. The van der Waals surface area contributed by atoms with Gasteiger partial charge in [-0.05, 0) is 18.2 Å². The van der Waals surface area contributed by atoms with Crippen LogP contribution in [0.1, 0.15) is 15.9 Å². The van der Waals surface area contributed by atoms with Gasteiger partial charge in [0.25, 0.3) is 5.91 Å². The SMILES string of the molecule is COc1ccc(C#CCS)c(C(=O)NN)c1. The lowest BCUT2D eigenvalue weighted by Gasteiger charge is -2.05. The van der Waals surface area contributed by atoms with Crippen molar-refractivity contribution in [2.45, 2.75) is 0 Å². The maximum atomic E-state index is 11.5. The van der Waals surface area contributed by atoms with Gasteiger partial charge in [0.2, 0.25) is 0 Å². The minimum Gasteiger partial charge on any atom is -0.497 e. The average molecular weight is 236 g/mol. The van der Waals surface area contributed by atoms with Gasteiger partial charge in [-0.2, -0.15) is 12.6 Å². The first-order valence-electron chi connectivity index (χ1n) is 4.51. The van der Waals surface area contributed by atoms with E-state index in [0.29, 0.717) is 22.6 Å². The summed E-state index contributed by atoms with van der Waals surface area (Å²) in [6.07, 6.45) is 0. The van der Waals surface area contributed by atoms with Crippen molar-refractivity contribution >= 4 is 18.5 Å². The first-order valence-corrected chi connectivity index (χ1v) is 5.15. The zero-order valence-electron chi connectivity index (χ0n) is 8.78. The zero-order chi connectivity index (χ0) is 12.0.